The second kappa shape index (κ2) is 11.7. The monoisotopic (exact) mass is 692 g/mol. The maximum atomic E-state index is 14.3. The van der Waals surface area contributed by atoms with Gasteiger partial charge in [-0.05, 0) is 48.0 Å². The summed E-state index contributed by atoms with van der Waals surface area (Å²) in [6.45, 7) is 0.0915. The van der Waals surface area contributed by atoms with Crippen molar-refractivity contribution in [3.63, 3.8) is 0 Å². The quantitative estimate of drug-likeness (QED) is 0.126. The summed E-state index contributed by atoms with van der Waals surface area (Å²) in [5, 5.41) is 12.8. The number of nitrogens with zero attached hydrogens (tertiary/aromatic N) is 2. The molecule has 1 aromatic heterocycles. The molecule has 15 heteroatoms. The number of halogens is 5. The minimum Gasteiger partial charge on any atom is -0.507 e. The summed E-state index contributed by atoms with van der Waals surface area (Å²) in [4.78, 5) is 36.7. The summed E-state index contributed by atoms with van der Waals surface area (Å²) in [6.07, 6.45) is 0. The van der Waals surface area contributed by atoms with Gasteiger partial charge in [0.2, 0.25) is 0 Å². The maximum absolute atomic E-state index is 14.3. The van der Waals surface area contributed by atoms with E-state index in [4.69, 9.17) is 37.7 Å². The van der Waals surface area contributed by atoms with Crippen molar-refractivity contribution in [1.29, 1.82) is 0 Å². The van der Waals surface area contributed by atoms with Gasteiger partial charge in [-0.2, -0.15) is 8.78 Å². The molecule has 0 amide bonds. The molecular formula is C25H18BrCl2F2N2O6PS. The smallest absolute Gasteiger partial charge is 0.399 e. The van der Waals surface area contributed by atoms with E-state index < -0.39 is 24.8 Å². The number of methoxy groups -OCH3 is 1. The molecule has 0 unspecified atom stereocenters. The van der Waals surface area contributed by atoms with E-state index >= 15 is 0 Å². The van der Waals surface area contributed by atoms with Crippen LogP contribution in [0.3, 0.4) is 0 Å². The minimum atomic E-state index is -5.76. The number of hydrogen-bond donors (Lipinski definition) is 3. The van der Waals surface area contributed by atoms with Crippen molar-refractivity contribution < 1.29 is 37.8 Å². The van der Waals surface area contributed by atoms with E-state index in [0.717, 1.165) is 6.07 Å². The number of esters is 1. The third-order valence-electron chi connectivity index (χ3n) is 5.70. The van der Waals surface area contributed by atoms with Crippen LogP contribution in [0.15, 0.2) is 64.5 Å². The van der Waals surface area contributed by atoms with Crippen LogP contribution in [-0.4, -0.2) is 33.0 Å². The lowest BCUT2D eigenvalue weighted by molar-refractivity contribution is 0.0557. The topological polar surface area (TPSA) is 120 Å². The number of hydrogen-bond acceptors (Lipinski definition) is 7. The van der Waals surface area contributed by atoms with Gasteiger partial charge in [0.25, 0.3) is 0 Å². The molecule has 0 aliphatic heterocycles. The van der Waals surface area contributed by atoms with Crippen LogP contribution in [-0.2, 0) is 21.5 Å². The number of thiazole rings is 1. The first-order chi connectivity index (χ1) is 18.7. The zero-order chi connectivity index (χ0) is 29.4. The van der Waals surface area contributed by atoms with Crippen LogP contribution in [0.4, 0.5) is 19.6 Å². The Balaban J connectivity index is 1.75. The summed E-state index contributed by atoms with van der Waals surface area (Å²) < 4.78 is 44.6. The van der Waals surface area contributed by atoms with Crippen molar-refractivity contribution in [2.75, 3.05) is 12.0 Å². The molecular weight excluding hydrogens is 676 g/mol. The molecule has 4 rings (SSSR count). The first kappa shape index (κ1) is 30.4. The van der Waals surface area contributed by atoms with Crippen LogP contribution >= 0.6 is 58.1 Å². The number of aromatic nitrogens is 1. The molecule has 0 spiro atoms. The van der Waals surface area contributed by atoms with E-state index in [2.05, 4.69) is 20.9 Å². The van der Waals surface area contributed by atoms with E-state index in [1.807, 2.05) is 0 Å². The predicted octanol–water partition coefficient (Wildman–Crippen LogP) is 7.94. The van der Waals surface area contributed by atoms with Gasteiger partial charge in [-0.3, -0.25) is 4.57 Å². The molecule has 0 bridgehead atoms. The van der Waals surface area contributed by atoms with Crippen LogP contribution in [0.2, 0.25) is 10.0 Å². The van der Waals surface area contributed by atoms with Gasteiger partial charge in [0.15, 0.2) is 5.13 Å². The van der Waals surface area contributed by atoms with Crippen LogP contribution < -0.4 is 4.90 Å². The molecule has 0 saturated heterocycles. The van der Waals surface area contributed by atoms with Crippen molar-refractivity contribution in [2.45, 2.75) is 12.2 Å². The number of phenolic OH excluding ortho intramolecular Hbond substituents is 1. The van der Waals surface area contributed by atoms with Crippen molar-refractivity contribution in [3.05, 3.63) is 91.2 Å². The Morgan fingerprint density at radius 1 is 1.12 bits per heavy atom. The van der Waals surface area contributed by atoms with Gasteiger partial charge in [-0.15, -0.1) is 11.3 Å². The number of carbonyl (C=O) groups excluding carboxylic acids is 1. The highest BCUT2D eigenvalue weighted by molar-refractivity contribution is 9.10. The summed E-state index contributed by atoms with van der Waals surface area (Å²) in [6, 6.07) is 12.9. The SMILES string of the molecule is COC(=O)c1cc(-c2csc(N(Cc3ccc(C(F)(F)P(=O)(O)O)c(Br)c3)c3ccc(Cl)c(Cl)c3)n2)ccc1O. The van der Waals surface area contributed by atoms with Gasteiger partial charge < -0.3 is 24.5 Å². The van der Waals surface area contributed by atoms with E-state index in [1.165, 1.54) is 42.7 Å². The van der Waals surface area contributed by atoms with Gasteiger partial charge in [0.05, 0.1) is 29.4 Å². The number of carbonyl (C=O) groups is 1. The van der Waals surface area contributed by atoms with Crippen LogP contribution in [0, 0.1) is 0 Å². The fourth-order valence-electron chi connectivity index (χ4n) is 3.65. The standard InChI is InChI=1S/C25H18BrCl2F2N2O6PS/c1-38-23(34)16-9-14(3-7-22(16)33)21-12-40-24(31-21)32(15-4-6-19(27)20(28)10-15)11-13-2-5-17(18(26)8-13)25(29,30)39(35,36)37/h2-10,12,33H,11H2,1H3,(H2,35,36,37). The average Bonchev–Trinajstić information content (AvgIpc) is 3.38. The Bertz CT molecular complexity index is 1650. The van der Waals surface area contributed by atoms with Crippen LogP contribution in [0.25, 0.3) is 11.3 Å². The van der Waals surface area contributed by atoms with Crippen molar-refractivity contribution >= 4 is 74.9 Å². The summed E-state index contributed by atoms with van der Waals surface area (Å²) in [5.41, 5.74) is -3.20. The summed E-state index contributed by atoms with van der Waals surface area (Å²) in [5.74, 6) is -0.965. The molecule has 0 fully saturated rings. The number of ether oxygens (including phenoxy) is 1. The van der Waals surface area contributed by atoms with Gasteiger partial charge in [-0.25, -0.2) is 9.78 Å². The molecule has 0 radical (unpaired) electrons. The maximum Gasteiger partial charge on any atom is 0.399 e. The average molecular weight is 694 g/mol. The van der Waals surface area contributed by atoms with E-state index in [0.29, 0.717) is 32.7 Å². The van der Waals surface area contributed by atoms with Crippen molar-refractivity contribution in [1.82, 2.24) is 4.98 Å². The number of alkyl halides is 2. The van der Waals surface area contributed by atoms with Crippen LogP contribution in [0.5, 0.6) is 5.75 Å². The lowest BCUT2D eigenvalue weighted by Crippen LogP contribution is -2.18. The molecule has 40 heavy (non-hydrogen) atoms. The molecule has 0 aliphatic rings. The largest absolute Gasteiger partial charge is 0.507 e. The molecule has 0 aliphatic carbocycles. The molecule has 1 heterocycles. The third-order valence-corrected chi connectivity index (χ3v) is 8.93. The lowest BCUT2D eigenvalue weighted by atomic mass is 10.1. The third kappa shape index (κ3) is 6.18. The molecule has 8 nitrogen and oxygen atoms in total. The number of phenols is 1. The van der Waals surface area contributed by atoms with Crippen LogP contribution in [0.1, 0.15) is 21.5 Å². The molecule has 3 N–H and O–H groups in total. The first-order valence-corrected chi connectivity index (χ1v) is 15.1. The predicted molar refractivity (Wildman–Crippen MR) is 153 cm³/mol. The van der Waals surface area contributed by atoms with Gasteiger partial charge in [-0.1, -0.05) is 51.3 Å². The van der Waals surface area contributed by atoms with Gasteiger partial charge in [0.1, 0.15) is 11.3 Å². The Hall–Kier alpha value is -2.57. The molecule has 0 atom stereocenters. The lowest BCUT2D eigenvalue weighted by Gasteiger charge is -2.24. The fraction of sp³-hybridized carbons (Fsp3) is 0.120. The number of aromatic hydroxyl groups is 1. The van der Waals surface area contributed by atoms with E-state index in [-0.39, 0.29) is 27.4 Å². The zero-order valence-corrected chi connectivity index (χ0v) is 25.0. The second-order valence-electron chi connectivity index (χ2n) is 8.32. The first-order valence-electron chi connectivity index (χ1n) is 11.0. The van der Waals surface area contributed by atoms with Gasteiger partial charge in [0, 0.05) is 26.7 Å². The number of anilines is 2. The second-order valence-corrected chi connectivity index (χ2v) is 12.5. The molecule has 4 aromatic rings. The highest BCUT2D eigenvalue weighted by Crippen LogP contribution is 2.60. The van der Waals surface area contributed by atoms with Gasteiger partial charge >= 0.3 is 19.2 Å². The zero-order valence-electron chi connectivity index (χ0n) is 20.2. The van der Waals surface area contributed by atoms with E-state index in [9.17, 15) is 23.2 Å². The number of rotatable bonds is 8. The minimum absolute atomic E-state index is 0.0343. The molecule has 0 saturated carbocycles. The Morgan fingerprint density at radius 2 is 1.85 bits per heavy atom. The highest BCUT2D eigenvalue weighted by Gasteiger charge is 2.51. The van der Waals surface area contributed by atoms with Crippen molar-refractivity contribution in [3.8, 4) is 17.0 Å². The Kier molecular flexibility index (Phi) is 8.91. The van der Waals surface area contributed by atoms with E-state index in [1.54, 1.807) is 34.5 Å². The highest BCUT2D eigenvalue weighted by atomic mass is 79.9. The summed E-state index contributed by atoms with van der Waals surface area (Å²) in [7, 11) is -4.56. The Morgan fingerprint density at radius 3 is 2.48 bits per heavy atom. The fourth-order valence-corrected chi connectivity index (χ4v) is 6.14. The summed E-state index contributed by atoms with van der Waals surface area (Å²) >= 11 is 16.6. The molecule has 3 aromatic carbocycles. The molecule has 210 valence electrons. The van der Waals surface area contributed by atoms with Crippen molar-refractivity contribution in [2.24, 2.45) is 0 Å². The Labute approximate surface area is 249 Å². The normalized spacial score (nSPS) is 11.9. The number of benzene rings is 3.